The van der Waals surface area contributed by atoms with Crippen LogP contribution in [0.5, 0.6) is 0 Å². The van der Waals surface area contributed by atoms with Crippen LogP contribution in [0.15, 0.2) is 29.3 Å². The fraction of sp³-hybridized carbons (Fsp3) is 0.652. The lowest BCUT2D eigenvalue weighted by atomic mass is 10.0. The number of rotatable bonds is 12. The van der Waals surface area contributed by atoms with Gasteiger partial charge in [-0.1, -0.05) is 19.1 Å². The second kappa shape index (κ2) is 14.8. The highest BCUT2D eigenvalue weighted by molar-refractivity contribution is 5.90. The number of hydrogen-bond acceptors (Lipinski definition) is 4. The van der Waals surface area contributed by atoms with Crippen molar-refractivity contribution in [1.82, 2.24) is 10.6 Å². The second-order valence-electron chi connectivity index (χ2n) is 7.60. The SMILES string of the molecule is CCCC(=O)Nc1cccc(CN=C(NCC)NCCCOCC2CCOCC2)c1. The van der Waals surface area contributed by atoms with E-state index in [0.717, 1.165) is 82.4 Å². The quantitative estimate of drug-likeness (QED) is 0.276. The van der Waals surface area contributed by atoms with E-state index in [9.17, 15) is 4.79 Å². The summed E-state index contributed by atoms with van der Waals surface area (Å²) in [6, 6.07) is 7.85. The minimum atomic E-state index is 0.0483. The topological polar surface area (TPSA) is 84.0 Å². The molecule has 30 heavy (non-hydrogen) atoms. The molecule has 7 heteroatoms. The molecule has 168 valence electrons. The van der Waals surface area contributed by atoms with Gasteiger partial charge in [-0.2, -0.15) is 0 Å². The van der Waals surface area contributed by atoms with Crippen molar-refractivity contribution in [2.45, 2.75) is 52.5 Å². The normalized spacial score (nSPS) is 15.1. The Morgan fingerprint density at radius 2 is 2.07 bits per heavy atom. The first-order valence-electron chi connectivity index (χ1n) is 11.3. The number of ether oxygens (including phenoxy) is 2. The summed E-state index contributed by atoms with van der Waals surface area (Å²) in [7, 11) is 0. The largest absolute Gasteiger partial charge is 0.381 e. The van der Waals surface area contributed by atoms with Gasteiger partial charge in [0.05, 0.1) is 6.54 Å². The lowest BCUT2D eigenvalue weighted by Crippen LogP contribution is -2.38. The van der Waals surface area contributed by atoms with Crippen molar-refractivity contribution < 1.29 is 14.3 Å². The van der Waals surface area contributed by atoms with E-state index < -0.39 is 0 Å². The standard InChI is InChI=1S/C23H38N4O3/c1-3-7-22(28)27-21-9-5-8-20(16-21)17-26-23(24-4-2)25-12-6-13-30-18-19-10-14-29-15-11-19/h5,8-9,16,19H,3-4,6-7,10-15,17-18H2,1-2H3,(H,27,28)(H2,24,25,26). The summed E-state index contributed by atoms with van der Waals surface area (Å²) < 4.78 is 11.2. The van der Waals surface area contributed by atoms with Crippen molar-refractivity contribution in [2.24, 2.45) is 10.9 Å². The average molecular weight is 419 g/mol. The molecule has 0 unspecified atom stereocenters. The summed E-state index contributed by atoms with van der Waals surface area (Å²) in [6.45, 7) is 9.54. The van der Waals surface area contributed by atoms with Crippen LogP contribution < -0.4 is 16.0 Å². The molecule has 1 fully saturated rings. The Kier molecular flexibility index (Phi) is 11.9. The Bertz CT molecular complexity index is 645. The first-order valence-corrected chi connectivity index (χ1v) is 11.3. The highest BCUT2D eigenvalue weighted by atomic mass is 16.5. The summed E-state index contributed by atoms with van der Waals surface area (Å²) in [5.41, 5.74) is 1.88. The smallest absolute Gasteiger partial charge is 0.224 e. The molecule has 1 aromatic carbocycles. The molecule has 2 rings (SSSR count). The van der Waals surface area contributed by atoms with Crippen LogP contribution in [0.25, 0.3) is 0 Å². The summed E-state index contributed by atoms with van der Waals surface area (Å²) in [6.07, 6.45) is 4.54. The number of amides is 1. The van der Waals surface area contributed by atoms with Gasteiger partial charge in [0.15, 0.2) is 5.96 Å². The molecule has 0 bridgehead atoms. The van der Waals surface area contributed by atoms with Gasteiger partial charge in [0.2, 0.25) is 5.91 Å². The number of carbonyl (C=O) groups excluding carboxylic acids is 1. The molecule has 1 aromatic rings. The van der Waals surface area contributed by atoms with Gasteiger partial charge >= 0.3 is 0 Å². The molecule has 1 aliphatic heterocycles. The molecule has 0 atom stereocenters. The van der Waals surface area contributed by atoms with Crippen LogP contribution in [0, 0.1) is 5.92 Å². The molecule has 0 aromatic heterocycles. The minimum Gasteiger partial charge on any atom is -0.381 e. The third-order valence-corrected chi connectivity index (χ3v) is 4.90. The van der Waals surface area contributed by atoms with Crippen molar-refractivity contribution in [2.75, 3.05) is 44.8 Å². The number of aliphatic imine (C=N–C) groups is 1. The van der Waals surface area contributed by atoms with Crippen LogP contribution in [-0.4, -0.2) is 51.4 Å². The monoisotopic (exact) mass is 418 g/mol. The van der Waals surface area contributed by atoms with E-state index in [1.165, 1.54) is 0 Å². The second-order valence-corrected chi connectivity index (χ2v) is 7.60. The summed E-state index contributed by atoms with van der Waals surface area (Å²) in [4.78, 5) is 16.4. The Morgan fingerprint density at radius 3 is 2.83 bits per heavy atom. The maximum absolute atomic E-state index is 11.8. The van der Waals surface area contributed by atoms with E-state index in [1.54, 1.807) is 0 Å². The molecule has 0 aliphatic carbocycles. The third kappa shape index (κ3) is 10.1. The molecular weight excluding hydrogens is 380 g/mol. The molecule has 3 N–H and O–H groups in total. The fourth-order valence-corrected chi connectivity index (χ4v) is 3.25. The number of hydrogen-bond donors (Lipinski definition) is 3. The zero-order valence-corrected chi connectivity index (χ0v) is 18.5. The van der Waals surface area contributed by atoms with Gasteiger partial charge in [-0.05, 0) is 56.2 Å². The highest BCUT2D eigenvalue weighted by Crippen LogP contribution is 2.14. The lowest BCUT2D eigenvalue weighted by molar-refractivity contribution is -0.116. The third-order valence-electron chi connectivity index (χ3n) is 4.90. The van der Waals surface area contributed by atoms with E-state index in [4.69, 9.17) is 9.47 Å². The maximum atomic E-state index is 11.8. The number of carbonyl (C=O) groups is 1. The van der Waals surface area contributed by atoms with Crippen LogP contribution in [0.2, 0.25) is 0 Å². The van der Waals surface area contributed by atoms with Crippen molar-refractivity contribution in [1.29, 1.82) is 0 Å². The number of anilines is 1. The first-order chi connectivity index (χ1) is 14.7. The lowest BCUT2D eigenvalue weighted by Gasteiger charge is -2.21. The minimum absolute atomic E-state index is 0.0483. The highest BCUT2D eigenvalue weighted by Gasteiger charge is 2.13. The summed E-state index contributed by atoms with van der Waals surface area (Å²) >= 11 is 0. The Morgan fingerprint density at radius 1 is 1.23 bits per heavy atom. The van der Waals surface area contributed by atoms with Crippen molar-refractivity contribution >= 4 is 17.6 Å². The molecule has 1 aliphatic rings. The van der Waals surface area contributed by atoms with Gasteiger partial charge in [0, 0.05) is 51.6 Å². The molecule has 1 saturated heterocycles. The Hall–Kier alpha value is -2.12. The van der Waals surface area contributed by atoms with E-state index in [2.05, 4.69) is 27.9 Å². The zero-order chi connectivity index (χ0) is 21.4. The number of guanidine groups is 1. The van der Waals surface area contributed by atoms with E-state index >= 15 is 0 Å². The average Bonchev–Trinajstić information content (AvgIpc) is 2.75. The Labute approximate surface area is 181 Å². The predicted octanol–water partition coefficient (Wildman–Crippen LogP) is 3.31. The number of nitrogens with zero attached hydrogens (tertiary/aromatic N) is 1. The van der Waals surface area contributed by atoms with E-state index in [-0.39, 0.29) is 5.91 Å². The fourth-order valence-electron chi connectivity index (χ4n) is 3.25. The van der Waals surface area contributed by atoms with Crippen LogP contribution in [0.1, 0.15) is 51.5 Å². The van der Waals surface area contributed by atoms with E-state index in [0.29, 0.717) is 18.9 Å². The van der Waals surface area contributed by atoms with Crippen molar-refractivity contribution in [3.8, 4) is 0 Å². The number of benzene rings is 1. The van der Waals surface area contributed by atoms with E-state index in [1.807, 2.05) is 31.2 Å². The summed E-state index contributed by atoms with van der Waals surface area (Å²) in [5.74, 6) is 1.49. The van der Waals surface area contributed by atoms with Gasteiger partial charge in [-0.15, -0.1) is 0 Å². The predicted molar refractivity (Wildman–Crippen MR) is 122 cm³/mol. The van der Waals surface area contributed by atoms with Crippen LogP contribution in [0.3, 0.4) is 0 Å². The molecule has 0 radical (unpaired) electrons. The van der Waals surface area contributed by atoms with Crippen LogP contribution in [0.4, 0.5) is 5.69 Å². The van der Waals surface area contributed by atoms with Gasteiger partial charge < -0.3 is 25.4 Å². The van der Waals surface area contributed by atoms with Gasteiger partial charge in [-0.3, -0.25) is 4.79 Å². The van der Waals surface area contributed by atoms with Gasteiger partial charge in [0.25, 0.3) is 0 Å². The molecule has 1 amide bonds. The molecule has 1 heterocycles. The summed E-state index contributed by atoms with van der Waals surface area (Å²) in [5, 5.41) is 9.57. The van der Waals surface area contributed by atoms with Crippen LogP contribution in [-0.2, 0) is 20.8 Å². The molecule has 7 nitrogen and oxygen atoms in total. The van der Waals surface area contributed by atoms with Gasteiger partial charge in [0.1, 0.15) is 0 Å². The molecule has 0 saturated carbocycles. The first kappa shape index (κ1) is 24.2. The molecule has 0 spiro atoms. The maximum Gasteiger partial charge on any atom is 0.224 e. The zero-order valence-electron chi connectivity index (χ0n) is 18.5. The molecular formula is C23H38N4O3. The van der Waals surface area contributed by atoms with Crippen LogP contribution >= 0.6 is 0 Å². The van der Waals surface area contributed by atoms with Crippen molar-refractivity contribution in [3.05, 3.63) is 29.8 Å². The van der Waals surface area contributed by atoms with Crippen molar-refractivity contribution in [3.63, 3.8) is 0 Å². The van der Waals surface area contributed by atoms with Gasteiger partial charge in [-0.25, -0.2) is 4.99 Å². The Balaban J connectivity index is 1.70. The number of nitrogens with one attached hydrogen (secondary N) is 3.